The molecule has 0 saturated carbocycles. The van der Waals surface area contributed by atoms with Crippen LogP contribution in [0.2, 0.25) is 0 Å². The highest BCUT2D eigenvalue weighted by atomic mass is 16.4. The van der Waals surface area contributed by atoms with Crippen LogP contribution in [0.3, 0.4) is 0 Å². The molecule has 1 saturated heterocycles. The van der Waals surface area contributed by atoms with Gasteiger partial charge in [0.15, 0.2) is 0 Å². The van der Waals surface area contributed by atoms with Crippen LogP contribution in [0.4, 0.5) is 4.79 Å². The van der Waals surface area contributed by atoms with Gasteiger partial charge in [-0.3, -0.25) is 0 Å². The van der Waals surface area contributed by atoms with Crippen molar-refractivity contribution >= 4 is 17.1 Å². The third kappa shape index (κ3) is 4.02. The van der Waals surface area contributed by atoms with Crippen molar-refractivity contribution < 1.29 is 9.90 Å². The van der Waals surface area contributed by atoms with Gasteiger partial charge in [-0.15, -0.1) is 0 Å². The molecular weight excluding hydrogens is 354 g/mol. The minimum absolute atomic E-state index is 0.427. The van der Waals surface area contributed by atoms with Crippen LogP contribution in [0.25, 0.3) is 11.0 Å². The van der Waals surface area contributed by atoms with Crippen LogP contribution in [0.5, 0.6) is 0 Å². The SMILES string of the molecule is O=C(O)n1c(=O)[nH]c2ccc(CCN3CCC(Cc4ccccc4)CC3)cc21. The molecule has 2 heterocycles. The van der Waals surface area contributed by atoms with Crippen molar-refractivity contribution in [2.45, 2.75) is 25.7 Å². The molecule has 3 aromatic rings. The lowest BCUT2D eigenvalue weighted by Crippen LogP contribution is -2.35. The van der Waals surface area contributed by atoms with Crippen LogP contribution in [-0.4, -0.2) is 45.3 Å². The zero-order valence-corrected chi connectivity index (χ0v) is 15.8. The average molecular weight is 379 g/mol. The highest BCUT2D eigenvalue weighted by Crippen LogP contribution is 2.22. The Balaban J connectivity index is 1.33. The number of nitrogens with zero attached hydrogens (tertiary/aromatic N) is 2. The largest absolute Gasteiger partial charge is 0.464 e. The summed E-state index contributed by atoms with van der Waals surface area (Å²) in [6.45, 7) is 3.15. The van der Waals surface area contributed by atoms with Crippen molar-refractivity contribution in [1.82, 2.24) is 14.5 Å². The highest BCUT2D eigenvalue weighted by Gasteiger charge is 2.19. The van der Waals surface area contributed by atoms with Crippen molar-refractivity contribution in [3.05, 3.63) is 70.1 Å². The minimum Gasteiger partial charge on any atom is -0.464 e. The number of rotatable bonds is 5. The summed E-state index contributed by atoms with van der Waals surface area (Å²) in [7, 11) is 0. The van der Waals surface area contributed by atoms with Crippen molar-refractivity contribution in [1.29, 1.82) is 0 Å². The molecule has 0 amide bonds. The van der Waals surface area contributed by atoms with E-state index in [1.165, 1.54) is 18.4 Å². The van der Waals surface area contributed by atoms with Crippen LogP contribution >= 0.6 is 0 Å². The number of carbonyl (C=O) groups is 1. The lowest BCUT2D eigenvalue weighted by atomic mass is 9.90. The zero-order valence-electron chi connectivity index (χ0n) is 15.8. The number of piperidine rings is 1. The quantitative estimate of drug-likeness (QED) is 0.713. The number of carboxylic acid groups (broad SMARTS) is 1. The Morgan fingerprint density at radius 1 is 1.07 bits per heavy atom. The molecule has 2 aromatic carbocycles. The molecule has 6 nitrogen and oxygen atoms in total. The van der Waals surface area contributed by atoms with E-state index in [4.69, 9.17) is 0 Å². The highest BCUT2D eigenvalue weighted by molar-refractivity contribution is 5.85. The van der Waals surface area contributed by atoms with E-state index in [0.29, 0.717) is 11.0 Å². The second-order valence-electron chi connectivity index (χ2n) is 7.62. The van der Waals surface area contributed by atoms with Gasteiger partial charge >= 0.3 is 11.8 Å². The van der Waals surface area contributed by atoms with Crippen LogP contribution in [-0.2, 0) is 12.8 Å². The summed E-state index contributed by atoms with van der Waals surface area (Å²) < 4.78 is 0.772. The Bertz CT molecular complexity index is 1010. The summed E-state index contributed by atoms with van der Waals surface area (Å²) in [6.07, 6.45) is 3.17. The molecule has 4 rings (SSSR count). The number of aromatic amines is 1. The van der Waals surface area contributed by atoms with E-state index in [-0.39, 0.29) is 0 Å². The third-order valence-electron chi connectivity index (χ3n) is 5.73. The Morgan fingerprint density at radius 2 is 1.82 bits per heavy atom. The van der Waals surface area contributed by atoms with Gasteiger partial charge in [0.25, 0.3) is 0 Å². The molecule has 2 N–H and O–H groups in total. The van der Waals surface area contributed by atoms with Crippen molar-refractivity contribution in [3.63, 3.8) is 0 Å². The molecule has 0 radical (unpaired) electrons. The molecule has 28 heavy (non-hydrogen) atoms. The van der Waals surface area contributed by atoms with Crippen LogP contribution in [0.1, 0.15) is 24.0 Å². The van der Waals surface area contributed by atoms with Crippen LogP contribution < -0.4 is 5.69 Å². The first-order valence-electron chi connectivity index (χ1n) is 9.83. The lowest BCUT2D eigenvalue weighted by Gasteiger charge is -2.32. The fourth-order valence-corrected chi connectivity index (χ4v) is 4.14. The number of benzene rings is 2. The summed E-state index contributed by atoms with van der Waals surface area (Å²) in [4.78, 5) is 28.1. The van der Waals surface area contributed by atoms with Crippen molar-refractivity contribution in [2.24, 2.45) is 5.92 Å². The smallest absolute Gasteiger partial charge is 0.420 e. The van der Waals surface area contributed by atoms with Gasteiger partial charge < -0.3 is 15.0 Å². The fourth-order valence-electron chi connectivity index (χ4n) is 4.14. The van der Waals surface area contributed by atoms with Gasteiger partial charge in [0.2, 0.25) is 0 Å². The maximum atomic E-state index is 11.8. The second kappa shape index (κ2) is 8.02. The van der Waals surface area contributed by atoms with E-state index in [1.807, 2.05) is 12.1 Å². The molecule has 0 aliphatic carbocycles. The monoisotopic (exact) mass is 379 g/mol. The molecule has 1 aromatic heterocycles. The third-order valence-corrected chi connectivity index (χ3v) is 5.73. The summed E-state index contributed by atoms with van der Waals surface area (Å²) >= 11 is 0. The predicted molar refractivity (Wildman–Crippen MR) is 109 cm³/mol. The van der Waals surface area contributed by atoms with Crippen molar-refractivity contribution in [2.75, 3.05) is 19.6 Å². The molecule has 1 aliphatic heterocycles. The summed E-state index contributed by atoms with van der Waals surface area (Å²) in [6, 6.07) is 16.3. The first-order valence-corrected chi connectivity index (χ1v) is 9.83. The molecule has 0 unspecified atom stereocenters. The van der Waals surface area contributed by atoms with Gasteiger partial charge in [-0.2, -0.15) is 4.57 Å². The van der Waals surface area contributed by atoms with Crippen LogP contribution in [0.15, 0.2) is 53.3 Å². The maximum Gasteiger partial charge on any atom is 0.420 e. The lowest BCUT2D eigenvalue weighted by molar-refractivity contribution is 0.186. The number of hydrogen-bond donors (Lipinski definition) is 2. The van der Waals surface area contributed by atoms with Crippen LogP contribution in [0, 0.1) is 5.92 Å². The number of likely N-dealkylation sites (tertiary alicyclic amines) is 1. The van der Waals surface area contributed by atoms with E-state index < -0.39 is 11.8 Å². The number of imidazole rings is 1. The van der Waals surface area contributed by atoms with Gasteiger partial charge in [0.05, 0.1) is 11.0 Å². The maximum absolute atomic E-state index is 11.8. The first-order chi connectivity index (χ1) is 13.6. The van der Waals surface area contributed by atoms with E-state index >= 15 is 0 Å². The standard InChI is InChI=1S/C22H25N3O3/c26-21-23-19-7-6-17(15-20(19)25(21)22(27)28)8-11-24-12-9-18(10-13-24)14-16-4-2-1-3-5-16/h1-7,15,18H,8-14H2,(H,23,26)(H,27,28). The molecule has 1 fully saturated rings. The topological polar surface area (TPSA) is 78.3 Å². The number of nitrogens with one attached hydrogen (secondary N) is 1. The summed E-state index contributed by atoms with van der Waals surface area (Å²) in [5.74, 6) is 0.750. The minimum atomic E-state index is -1.26. The number of H-pyrrole nitrogens is 1. The second-order valence-corrected chi connectivity index (χ2v) is 7.62. The molecule has 0 spiro atoms. The number of fused-ring (bicyclic) bond motifs is 1. The van der Waals surface area contributed by atoms with Gasteiger partial charge in [-0.25, -0.2) is 9.59 Å². The predicted octanol–water partition coefficient (Wildman–Crippen LogP) is 3.35. The zero-order chi connectivity index (χ0) is 19.5. The Hall–Kier alpha value is -2.86. The number of hydrogen-bond acceptors (Lipinski definition) is 3. The Morgan fingerprint density at radius 3 is 2.54 bits per heavy atom. The molecular formula is C22H25N3O3. The average Bonchev–Trinajstić information content (AvgIpc) is 3.03. The summed E-state index contributed by atoms with van der Waals surface area (Å²) in [5.41, 5.74) is 2.84. The van der Waals surface area contributed by atoms with E-state index in [0.717, 1.165) is 48.5 Å². The molecule has 0 bridgehead atoms. The first kappa shape index (κ1) is 18.5. The normalized spacial score (nSPS) is 15.9. The Kier molecular flexibility index (Phi) is 5.30. The number of aromatic nitrogens is 2. The van der Waals surface area contributed by atoms with E-state index in [2.05, 4.69) is 40.2 Å². The fraction of sp³-hybridized carbons (Fsp3) is 0.364. The summed E-state index contributed by atoms with van der Waals surface area (Å²) in [5, 5.41) is 9.24. The van der Waals surface area contributed by atoms with Gasteiger partial charge in [-0.05, 0) is 68.0 Å². The Labute approximate surface area is 163 Å². The molecule has 146 valence electrons. The van der Waals surface area contributed by atoms with E-state index in [1.54, 1.807) is 6.07 Å². The molecule has 1 aliphatic rings. The van der Waals surface area contributed by atoms with Crippen molar-refractivity contribution in [3.8, 4) is 0 Å². The van der Waals surface area contributed by atoms with Gasteiger partial charge in [0.1, 0.15) is 0 Å². The van der Waals surface area contributed by atoms with E-state index in [9.17, 15) is 14.7 Å². The van der Waals surface area contributed by atoms with Gasteiger partial charge in [-0.1, -0.05) is 36.4 Å². The van der Waals surface area contributed by atoms with Gasteiger partial charge in [0, 0.05) is 6.54 Å². The molecule has 0 atom stereocenters. The molecule has 6 heteroatoms.